The third-order valence-electron chi connectivity index (χ3n) is 2.15. The minimum Gasteiger partial charge on any atom is -0.488 e. The van der Waals surface area contributed by atoms with Crippen molar-refractivity contribution >= 4 is 38.5 Å². The van der Waals surface area contributed by atoms with Crippen molar-refractivity contribution in [1.29, 1.82) is 0 Å². The van der Waals surface area contributed by atoms with Crippen LogP contribution in [-0.4, -0.2) is 0 Å². The van der Waals surface area contributed by atoms with Crippen LogP contribution in [0, 0.1) is 3.57 Å². The maximum atomic E-state index is 5.75. The zero-order valence-corrected chi connectivity index (χ0v) is 12.2. The molecule has 0 saturated heterocycles. The Morgan fingerprint density at radius 1 is 1.00 bits per heavy atom. The molecule has 2 aromatic rings. The fourth-order valence-electron chi connectivity index (χ4n) is 1.33. The molecule has 3 heteroatoms. The zero-order chi connectivity index (χ0) is 11.4. The average molecular weight is 389 g/mol. The summed E-state index contributed by atoms with van der Waals surface area (Å²) in [5, 5.41) is 0. The Morgan fingerprint density at radius 3 is 2.50 bits per heavy atom. The fraction of sp³-hybridized carbons (Fsp3) is 0.0769. The van der Waals surface area contributed by atoms with Crippen LogP contribution in [0.4, 0.5) is 0 Å². The van der Waals surface area contributed by atoms with Crippen molar-refractivity contribution in [3.63, 3.8) is 0 Å². The van der Waals surface area contributed by atoms with Crippen molar-refractivity contribution in [2.75, 3.05) is 0 Å². The molecule has 0 bridgehead atoms. The molecule has 0 aliphatic rings. The summed E-state index contributed by atoms with van der Waals surface area (Å²) in [6.07, 6.45) is 0. The van der Waals surface area contributed by atoms with Gasteiger partial charge in [-0.3, -0.25) is 0 Å². The van der Waals surface area contributed by atoms with E-state index in [2.05, 4.69) is 50.7 Å². The van der Waals surface area contributed by atoms with Gasteiger partial charge in [-0.15, -0.1) is 0 Å². The molecule has 16 heavy (non-hydrogen) atoms. The molecule has 2 rings (SSSR count). The molecular weight excluding hydrogens is 379 g/mol. The second-order valence-electron chi connectivity index (χ2n) is 3.33. The maximum Gasteiger partial charge on any atom is 0.135 e. The number of hydrogen-bond acceptors (Lipinski definition) is 1. The van der Waals surface area contributed by atoms with E-state index >= 15 is 0 Å². The van der Waals surface area contributed by atoms with Crippen LogP contribution >= 0.6 is 38.5 Å². The van der Waals surface area contributed by atoms with Crippen LogP contribution < -0.4 is 4.74 Å². The molecule has 0 atom stereocenters. The third kappa shape index (κ3) is 2.98. The quantitative estimate of drug-likeness (QED) is 0.696. The van der Waals surface area contributed by atoms with Crippen LogP contribution in [0.3, 0.4) is 0 Å². The van der Waals surface area contributed by atoms with Crippen LogP contribution in [-0.2, 0) is 6.61 Å². The van der Waals surface area contributed by atoms with Gasteiger partial charge in [0, 0.05) is 3.57 Å². The molecule has 0 fully saturated rings. The van der Waals surface area contributed by atoms with Crippen molar-refractivity contribution in [2.45, 2.75) is 6.61 Å². The summed E-state index contributed by atoms with van der Waals surface area (Å²) in [6.45, 7) is 0.597. The van der Waals surface area contributed by atoms with Crippen LogP contribution in [0.25, 0.3) is 0 Å². The van der Waals surface area contributed by atoms with E-state index in [1.807, 2.05) is 36.4 Å². The number of rotatable bonds is 3. The number of halogens is 2. The van der Waals surface area contributed by atoms with Gasteiger partial charge in [-0.2, -0.15) is 0 Å². The van der Waals surface area contributed by atoms with Crippen molar-refractivity contribution in [3.8, 4) is 5.75 Å². The van der Waals surface area contributed by atoms with Crippen molar-refractivity contribution in [1.82, 2.24) is 0 Å². The number of benzene rings is 2. The van der Waals surface area contributed by atoms with Gasteiger partial charge in [-0.1, -0.05) is 36.4 Å². The highest BCUT2D eigenvalue weighted by molar-refractivity contribution is 14.1. The molecule has 0 unspecified atom stereocenters. The molecule has 0 saturated carbocycles. The van der Waals surface area contributed by atoms with Crippen molar-refractivity contribution < 1.29 is 4.74 Å². The van der Waals surface area contributed by atoms with Gasteiger partial charge in [-0.05, 0) is 56.2 Å². The van der Waals surface area contributed by atoms with Crippen LogP contribution in [0.2, 0.25) is 0 Å². The van der Waals surface area contributed by atoms with E-state index in [1.54, 1.807) is 0 Å². The minimum atomic E-state index is 0.597. The third-order valence-corrected chi connectivity index (χ3v) is 4.61. The second kappa shape index (κ2) is 5.68. The molecule has 0 amide bonds. The SMILES string of the molecule is Brc1c(I)cccc1OCc1ccccc1. The van der Waals surface area contributed by atoms with Gasteiger partial charge in [-0.25, -0.2) is 0 Å². The van der Waals surface area contributed by atoms with Gasteiger partial charge < -0.3 is 4.74 Å². The Balaban J connectivity index is 2.08. The number of hydrogen-bond donors (Lipinski definition) is 0. The minimum absolute atomic E-state index is 0.597. The highest BCUT2D eigenvalue weighted by atomic mass is 127. The van der Waals surface area contributed by atoms with E-state index in [0.717, 1.165) is 13.8 Å². The highest BCUT2D eigenvalue weighted by Gasteiger charge is 2.04. The Hall–Kier alpha value is -0.550. The molecule has 0 aromatic heterocycles. The van der Waals surface area contributed by atoms with Gasteiger partial charge in [0.15, 0.2) is 0 Å². The first-order valence-corrected chi connectivity index (χ1v) is 6.75. The molecule has 2 aromatic carbocycles. The summed E-state index contributed by atoms with van der Waals surface area (Å²) in [5.74, 6) is 0.885. The molecular formula is C13H10BrIO. The lowest BCUT2D eigenvalue weighted by atomic mass is 10.2. The van der Waals surface area contributed by atoms with Gasteiger partial charge in [0.2, 0.25) is 0 Å². The van der Waals surface area contributed by atoms with E-state index in [9.17, 15) is 0 Å². The standard InChI is InChI=1S/C13H10BrIO/c14-13-11(15)7-4-8-12(13)16-9-10-5-2-1-3-6-10/h1-8H,9H2. The topological polar surface area (TPSA) is 9.23 Å². The number of ether oxygens (including phenoxy) is 1. The molecule has 1 nitrogen and oxygen atoms in total. The predicted octanol–water partition coefficient (Wildman–Crippen LogP) is 4.63. The Bertz CT molecular complexity index is 471. The van der Waals surface area contributed by atoms with Crippen LogP contribution in [0.5, 0.6) is 5.75 Å². The summed E-state index contributed by atoms with van der Waals surface area (Å²) in [6, 6.07) is 16.2. The Kier molecular flexibility index (Phi) is 4.23. The van der Waals surface area contributed by atoms with Gasteiger partial charge in [0.1, 0.15) is 12.4 Å². The fourth-order valence-corrected chi connectivity index (χ4v) is 2.18. The first kappa shape index (κ1) is 11.9. The molecule has 82 valence electrons. The van der Waals surface area contributed by atoms with Crippen LogP contribution in [0.15, 0.2) is 53.0 Å². The molecule has 0 radical (unpaired) electrons. The predicted molar refractivity (Wildman–Crippen MR) is 77.6 cm³/mol. The molecule has 0 aliphatic carbocycles. The lowest BCUT2D eigenvalue weighted by Crippen LogP contribution is -1.96. The second-order valence-corrected chi connectivity index (χ2v) is 5.28. The van der Waals surface area contributed by atoms with Gasteiger partial charge >= 0.3 is 0 Å². The highest BCUT2D eigenvalue weighted by Crippen LogP contribution is 2.30. The molecule has 0 aliphatic heterocycles. The largest absolute Gasteiger partial charge is 0.488 e. The first-order chi connectivity index (χ1) is 7.77. The maximum absolute atomic E-state index is 5.75. The summed E-state index contributed by atoms with van der Waals surface area (Å²) >= 11 is 5.80. The first-order valence-electron chi connectivity index (χ1n) is 4.88. The van der Waals surface area contributed by atoms with E-state index in [-0.39, 0.29) is 0 Å². The summed E-state index contributed by atoms with van der Waals surface area (Å²) in [5.41, 5.74) is 1.17. The van der Waals surface area contributed by atoms with E-state index < -0.39 is 0 Å². The molecule has 0 heterocycles. The molecule has 0 spiro atoms. The van der Waals surface area contributed by atoms with E-state index in [1.165, 1.54) is 5.56 Å². The summed E-state index contributed by atoms with van der Waals surface area (Å²) in [7, 11) is 0. The monoisotopic (exact) mass is 388 g/mol. The van der Waals surface area contributed by atoms with Gasteiger partial charge in [0.05, 0.1) is 4.47 Å². The summed E-state index contributed by atoms with van der Waals surface area (Å²) < 4.78 is 7.93. The van der Waals surface area contributed by atoms with Crippen molar-refractivity contribution in [2.24, 2.45) is 0 Å². The lowest BCUT2D eigenvalue weighted by molar-refractivity contribution is 0.304. The van der Waals surface area contributed by atoms with E-state index in [4.69, 9.17) is 4.74 Å². The average Bonchev–Trinajstić information content (AvgIpc) is 2.32. The normalized spacial score (nSPS) is 10.1. The van der Waals surface area contributed by atoms with E-state index in [0.29, 0.717) is 6.61 Å². The Labute approximate surface area is 117 Å². The van der Waals surface area contributed by atoms with Gasteiger partial charge in [0.25, 0.3) is 0 Å². The molecule has 0 N–H and O–H groups in total. The van der Waals surface area contributed by atoms with Crippen molar-refractivity contribution in [3.05, 3.63) is 62.1 Å². The smallest absolute Gasteiger partial charge is 0.135 e. The van der Waals surface area contributed by atoms with Crippen LogP contribution in [0.1, 0.15) is 5.56 Å². The summed E-state index contributed by atoms with van der Waals surface area (Å²) in [4.78, 5) is 0. The zero-order valence-electron chi connectivity index (χ0n) is 8.49. The Morgan fingerprint density at radius 2 is 1.75 bits per heavy atom. The lowest BCUT2D eigenvalue weighted by Gasteiger charge is -2.08.